The number of benzene rings is 2. The first-order valence-electron chi connectivity index (χ1n) is 11.0. The number of carbonyl (C=O) groups is 2. The zero-order valence-corrected chi connectivity index (χ0v) is 19.5. The maximum Gasteiger partial charge on any atom is 0.319 e. The molecule has 176 valence electrons. The highest BCUT2D eigenvalue weighted by atomic mass is 32.2. The Hall–Kier alpha value is -3.17. The highest BCUT2D eigenvalue weighted by molar-refractivity contribution is 7.89. The molecule has 1 aliphatic carbocycles. The van der Waals surface area contributed by atoms with Crippen molar-refractivity contribution in [2.45, 2.75) is 43.0 Å². The molecule has 1 saturated carbocycles. The fourth-order valence-corrected chi connectivity index (χ4v) is 5.25. The second kappa shape index (κ2) is 11.1. The van der Waals surface area contributed by atoms with Gasteiger partial charge in [0, 0.05) is 36.6 Å². The Balaban J connectivity index is 1.67. The molecule has 0 bridgehead atoms. The number of sulfonamides is 1. The summed E-state index contributed by atoms with van der Waals surface area (Å²) in [5.74, 6) is -0.420. The normalized spacial score (nSPS) is 14.5. The molecule has 3 rings (SSSR count). The molecule has 0 heterocycles. The lowest BCUT2D eigenvalue weighted by atomic mass is 9.96. The summed E-state index contributed by atoms with van der Waals surface area (Å²) in [7, 11) is -2.07. The highest BCUT2D eigenvalue weighted by Crippen LogP contribution is 2.27. The molecule has 0 aliphatic heterocycles. The number of hydrogen-bond acceptors (Lipinski definition) is 4. The van der Waals surface area contributed by atoms with Crippen LogP contribution in [0.4, 0.5) is 16.2 Å². The maximum atomic E-state index is 13.1. The number of hydrogen-bond donors (Lipinski definition) is 3. The molecule has 0 spiro atoms. The Morgan fingerprint density at radius 3 is 2.30 bits per heavy atom. The highest BCUT2D eigenvalue weighted by Gasteiger charge is 2.29. The first-order valence-corrected chi connectivity index (χ1v) is 12.4. The first-order chi connectivity index (χ1) is 15.8. The Labute approximate surface area is 195 Å². The van der Waals surface area contributed by atoms with Gasteiger partial charge in [0.15, 0.2) is 0 Å². The third kappa shape index (κ3) is 6.43. The fraction of sp³-hybridized carbons (Fsp3) is 0.333. The zero-order valence-electron chi connectivity index (χ0n) is 18.7. The van der Waals surface area contributed by atoms with Gasteiger partial charge in [-0.1, -0.05) is 31.4 Å². The molecule has 1 aliphatic rings. The second-order valence-electron chi connectivity index (χ2n) is 8.00. The quantitative estimate of drug-likeness (QED) is 0.503. The minimum Gasteiger partial charge on any atom is -0.334 e. The van der Waals surface area contributed by atoms with Gasteiger partial charge < -0.3 is 16.0 Å². The van der Waals surface area contributed by atoms with Crippen molar-refractivity contribution in [1.82, 2.24) is 9.62 Å². The topological polar surface area (TPSA) is 108 Å². The molecule has 33 heavy (non-hydrogen) atoms. The molecule has 2 aromatic rings. The average Bonchev–Trinajstić information content (AvgIpc) is 2.84. The smallest absolute Gasteiger partial charge is 0.319 e. The number of amides is 3. The van der Waals surface area contributed by atoms with Crippen molar-refractivity contribution in [3.63, 3.8) is 0 Å². The summed E-state index contributed by atoms with van der Waals surface area (Å²) >= 11 is 0. The fourth-order valence-electron chi connectivity index (χ4n) is 3.79. The van der Waals surface area contributed by atoms with E-state index >= 15 is 0 Å². The SMILES string of the molecule is C=CCNC(=O)Nc1ccc(NC(=O)c2cccc(S(=O)(=O)N(C)C3CCCCC3)c2)cc1. The molecule has 1 fully saturated rings. The molecule has 3 amide bonds. The summed E-state index contributed by atoms with van der Waals surface area (Å²) in [5, 5.41) is 8.03. The van der Waals surface area contributed by atoms with E-state index in [9.17, 15) is 18.0 Å². The first kappa shape index (κ1) is 24.5. The van der Waals surface area contributed by atoms with E-state index in [1.807, 2.05) is 0 Å². The van der Waals surface area contributed by atoms with Crippen LogP contribution in [0.2, 0.25) is 0 Å². The van der Waals surface area contributed by atoms with E-state index in [-0.39, 0.29) is 22.5 Å². The van der Waals surface area contributed by atoms with E-state index in [1.54, 1.807) is 49.5 Å². The van der Waals surface area contributed by atoms with E-state index in [1.165, 1.54) is 16.4 Å². The van der Waals surface area contributed by atoms with Gasteiger partial charge in [0.25, 0.3) is 5.91 Å². The van der Waals surface area contributed by atoms with Crippen molar-refractivity contribution in [3.05, 3.63) is 66.7 Å². The summed E-state index contributed by atoms with van der Waals surface area (Å²) in [6.07, 6.45) is 6.49. The molecule has 0 aromatic heterocycles. The van der Waals surface area contributed by atoms with Gasteiger partial charge in [0.05, 0.1) is 4.90 Å². The third-order valence-corrected chi connectivity index (χ3v) is 7.58. The molecule has 8 nitrogen and oxygen atoms in total. The minimum atomic E-state index is -3.69. The van der Waals surface area contributed by atoms with Crippen molar-refractivity contribution in [3.8, 4) is 0 Å². The van der Waals surface area contributed by atoms with E-state index < -0.39 is 15.9 Å². The zero-order chi connectivity index (χ0) is 23.8. The predicted molar refractivity (Wildman–Crippen MR) is 130 cm³/mol. The van der Waals surface area contributed by atoms with Gasteiger partial charge in [-0.3, -0.25) is 4.79 Å². The van der Waals surface area contributed by atoms with Crippen LogP contribution in [-0.2, 0) is 10.0 Å². The molecule has 9 heteroatoms. The van der Waals surface area contributed by atoms with Gasteiger partial charge in [-0.25, -0.2) is 13.2 Å². The molecular formula is C24H30N4O4S. The summed E-state index contributed by atoms with van der Waals surface area (Å²) in [6.45, 7) is 3.89. The number of nitrogens with one attached hydrogen (secondary N) is 3. The van der Waals surface area contributed by atoms with Crippen LogP contribution in [0, 0.1) is 0 Å². The van der Waals surface area contributed by atoms with E-state index in [4.69, 9.17) is 0 Å². The van der Waals surface area contributed by atoms with Gasteiger partial charge in [-0.05, 0) is 55.3 Å². The third-order valence-electron chi connectivity index (χ3n) is 5.67. The molecule has 3 N–H and O–H groups in total. The average molecular weight is 471 g/mol. The molecule has 0 radical (unpaired) electrons. The number of nitrogens with zero attached hydrogens (tertiary/aromatic N) is 1. The largest absolute Gasteiger partial charge is 0.334 e. The van der Waals surface area contributed by atoms with Crippen molar-refractivity contribution >= 4 is 33.3 Å². The van der Waals surface area contributed by atoms with Crippen LogP contribution in [0.15, 0.2) is 66.1 Å². The van der Waals surface area contributed by atoms with E-state index in [0.29, 0.717) is 17.9 Å². The minimum absolute atomic E-state index is 0.00721. The number of rotatable bonds is 8. The molecular weight excluding hydrogens is 440 g/mol. The second-order valence-corrected chi connectivity index (χ2v) is 9.99. The van der Waals surface area contributed by atoms with Crippen LogP contribution in [0.3, 0.4) is 0 Å². The standard InChI is InChI=1S/C24H30N4O4S/c1-3-16-25-24(30)27-20-14-12-19(13-15-20)26-23(29)18-8-7-11-22(17-18)33(31,32)28(2)21-9-5-4-6-10-21/h3,7-8,11-15,17,21H,1,4-6,9-10,16H2,2H3,(H,26,29)(H2,25,27,30). The van der Waals surface area contributed by atoms with Gasteiger partial charge in [-0.2, -0.15) is 4.31 Å². The van der Waals surface area contributed by atoms with Crippen molar-refractivity contribution in [2.75, 3.05) is 24.2 Å². The molecule has 0 atom stereocenters. The van der Waals surface area contributed by atoms with Crippen LogP contribution in [-0.4, -0.2) is 44.3 Å². The van der Waals surface area contributed by atoms with E-state index in [2.05, 4.69) is 22.5 Å². The Morgan fingerprint density at radius 2 is 1.67 bits per heavy atom. The van der Waals surface area contributed by atoms with Crippen LogP contribution >= 0.6 is 0 Å². The van der Waals surface area contributed by atoms with Gasteiger partial charge in [0.2, 0.25) is 10.0 Å². The molecule has 2 aromatic carbocycles. The lowest BCUT2D eigenvalue weighted by Crippen LogP contribution is -2.38. The predicted octanol–water partition coefficient (Wildman–Crippen LogP) is 4.20. The van der Waals surface area contributed by atoms with Crippen LogP contribution in [0.25, 0.3) is 0 Å². The van der Waals surface area contributed by atoms with Gasteiger partial charge >= 0.3 is 6.03 Å². The lowest BCUT2D eigenvalue weighted by molar-refractivity contribution is 0.102. The summed E-state index contributed by atoms with van der Waals surface area (Å²) in [6, 6.07) is 12.3. The molecule has 0 unspecified atom stereocenters. The number of carbonyl (C=O) groups excluding carboxylic acids is 2. The number of urea groups is 1. The maximum absolute atomic E-state index is 13.1. The number of anilines is 2. The van der Waals surface area contributed by atoms with Gasteiger partial charge in [-0.15, -0.1) is 6.58 Å². The summed E-state index contributed by atoms with van der Waals surface area (Å²) in [4.78, 5) is 24.5. The Morgan fingerprint density at radius 1 is 1.03 bits per heavy atom. The monoisotopic (exact) mass is 470 g/mol. The summed E-state index contributed by atoms with van der Waals surface area (Å²) < 4.78 is 27.7. The lowest BCUT2D eigenvalue weighted by Gasteiger charge is -2.30. The van der Waals surface area contributed by atoms with Crippen LogP contribution in [0.1, 0.15) is 42.5 Å². The van der Waals surface area contributed by atoms with Crippen molar-refractivity contribution in [2.24, 2.45) is 0 Å². The van der Waals surface area contributed by atoms with Crippen LogP contribution in [0.5, 0.6) is 0 Å². The Kier molecular flexibility index (Phi) is 8.24. The van der Waals surface area contributed by atoms with Crippen molar-refractivity contribution < 1.29 is 18.0 Å². The van der Waals surface area contributed by atoms with Crippen LogP contribution < -0.4 is 16.0 Å². The Bertz CT molecular complexity index is 1090. The van der Waals surface area contributed by atoms with Crippen molar-refractivity contribution in [1.29, 1.82) is 0 Å². The summed E-state index contributed by atoms with van der Waals surface area (Å²) in [5.41, 5.74) is 1.33. The molecule has 0 saturated heterocycles. The van der Waals surface area contributed by atoms with Gasteiger partial charge in [0.1, 0.15) is 0 Å². The van der Waals surface area contributed by atoms with E-state index in [0.717, 1.165) is 32.1 Å².